The smallest absolute Gasteiger partial charge is 0.327 e. The topological polar surface area (TPSA) is 94.8 Å². The fourth-order valence-electron chi connectivity index (χ4n) is 3.54. The number of carboxylic acids is 2. The van der Waals surface area contributed by atoms with Gasteiger partial charge in [0.1, 0.15) is 0 Å². The second-order valence-electron chi connectivity index (χ2n) is 8.88. The highest BCUT2D eigenvalue weighted by Gasteiger charge is 1.95. The Labute approximate surface area is 210 Å². The van der Waals surface area contributed by atoms with Crippen LogP contribution in [-0.4, -0.2) is 33.9 Å². The highest BCUT2D eigenvalue weighted by molar-refractivity contribution is 5.79. The summed E-state index contributed by atoms with van der Waals surface area (Å²) < 4.78 is 0. The van der Waals surface area contributed by atoms with Gasteiger partial charge in [0, 0.05) is 18.8 Å². The minimum atomic E-state index is -0.981. The van der Waals surface area contributed by atoms with Crippen LogP contribution in [0.1, 0.15) is 142 Å². The Hall–Kier alpha value is -1.62. The molecule has 5 nitrogen and oxygen atoms in total. The molecule has 34 heavy (non-hydrogen) atoms. The van der Waals surface area contributed by atoms with Gasteiger partial charge < -0.3 is 15.3 Å². The lowest BCUT2D eigenvalue weighted by Crippen LogP contribution is -1.85. The van der Waals surface area contributed by atoms with Crippen molar-refractivity contribution in [3.63, 3.8) is 0 Å². The van der Waals surface area contributed by atoms with Crippen molar-refractivity contribution in [2.45, 2.75) is 142 Å². The maximum atomic E-state index is 9.25. The van der Waals surface area contributed by atoms with Crippen LogP contribution in [0.2, 0.25) is 0 Å². The van der Waals surface area contributed by atoms with Crippen LogP contribution in [0.5, 0.6) is 0 Å². The first kappa shape index (κ1) is 36.9. The lowest BCUT2D eigenvalue weighted by atomic mass is 10.0. The lowest BCUT2D eigenvalue weighted by molar-refractivity contribution is -0.132. The Kier molecular flexibility index (Phi) is 39.1. The summed E-state index contributed by atoms with van der Waals surface area (Å²) in [5.41, 5.74) is 0. The molecule has 0 aromatic carbocycles. The number of aliphatic hydroxyl groups is 1. The van der Waals surface area contributed by atoms with Gasteiger partial charge in [-0.15, -0.1) is 0 Å². The van der Waals surface area contributed by atoms with Crippen molar-refractivity contribution in [1.82, 2.24) is 0 Å². The van der Waals surface area contributed by atoms with E-state index in [-0.39, 0.29) is 0 Å². The maximum Gasteiger partial charge on any atom is 0.327 e. The van der Waals surface area contributed by atoms with Gasteiger partial charge in [-0.25, -0.2) is 9.59 Å². The molecule has 0 amide bonds. The van der Waals surface area contributed by atoms with Gasteiger partial charge in [-0.1, -0.05) is 148 Å². The fourth-order valence-corrected chi connectivity index (χ4v) is 3.54. The van der Waals surface area contributed by atoms with Crippen LogP contribution in [0, 0.1) is 0 Å². The molecule has 0 heterocycles. The van der Waals surface area contributed by atoms with Crippen LogP contribution in [0.3, 0.4) is 0 Å². The molecule has 0 radical (unpaired) electrons. The van der Waals surface area contributed by atoms with Crippen molar-refractivity contribution < 1.29 is 24.9 Å². The van der Waals surface area contributed by atoms with E-state index in [4.69, 9.17) is 15.3 Å². The third kappa shape index (κ3) is 48.0. The molecule has 0 rings (SSSR count). The molecule has 0 atom stereocenters. The molecular formula is C29H56O5. The SMILES string of the molecule is C=CC(=O)O.C=CC(=O)O.CCCCCCCCCCCCCCCCCCCCCCCO. The second kappa shape index (κ2) is 36.0. The van der Waals surface area contributed by atoms with Crippen molar-refractivity contribution in [2.24, 2.45) is 0 Å². The molecule has 5 heteroatoms. The summed E-state index contributed by atoms with van der Waals surface area (Å²) in [7, 11) is 0. The quantitative estimate of drug-likeness (QED) is 0.0995. The molecule has 0 aromatic heterocycles. The molecule has 202 valence electrons. The lowest BCUT2D eigenvalue weighted by Gasteiger charge is -2.04. The normalized spacial score (nSPS) is 9.82. The molecule has 0 aliphatic heterocycles. The number of aliphatic carboxylic acids is 2. The van der Waals surface area contributed by atoms with E-state index in [9.17, 15) is 9.59 Å². The van der Waals surface area contributed by atoms with Gasteiger partial charge in [-0.05, 0) is 6.42 Å². The molecular weight excluding hydrogens is 428 g/mol. The third-order valence-electron chi connectivity index (χ3n) is 5.61. The van der Waals surface area contributed by atoms with Crippen molar-refractivity contribution >= 4 is 11.9 Å². The summed E-state index contributed by atoms with van der Waals surface area (Å²) in [4.78, 5) is 18.5. The monoisotopic (exact) mass is 484 g/mol. The average Bonchev–Trinajstić information content (AvgIpc) is 2.83. The minimum Gasteiger partial charge on any atom is -0.478 e. The molecule has 0 spiro atoms. The molecule has 0 aliphatic rings. The first-order valence-corrected chi connectivity index (χ1v) is 13.8. The molecule has 0 fully saturated rings. The highest BCUT2D eigenvalue weighted by Crippen LogP contribution is 2.14. The molecule has 0 aliphatic carbocycles. The first-order valence-electron chi connectivity index (χ1n) is 13.8. The summed E-state index contributed by atoms with van der Waals surface area (Å²) in [6, 6.07) is 0. The van der Waals surface area contributed by atoms with Crippen LogP contribution in [0.4, 0.5) is 0 Å². The van der Waals surface area contributed by atoms with Crippen LogP contribution >= 0.6 is 0 Å². The summed E-state index contributed by atoms with van der Waals surface area (Å²) in [5, 5.41) is 23.9. The molecule has 3 N–H and O–H groups in total. The number of rotatable bonds is 23. The van der Waals surface area contributed by atoms with Crippen LogP contribution in [-0.2, 0) is 9.59 Å². The van der Waals surface area contributed by atoms with E-state index < -0.39 is 11.9 Å². The molecule has 0 saturated carbocycles. The van der Waals surface area contributed by atoms with E-state index in [0.717, 1.165) is 18.6 Å². The zero-order valence-corrected chi connectivity index (χ0v) is 22.3. The Morgan fingerprint density at radius 1 is 0.500 bits per heavy atom. The Balaban J connectivity index is -0.000000799. The number of unbranched alkanes of at least 4 members (excludes halogenated alkanes) is 20. The van der Waals surface area contributed by atoms with E-state index in [1.165, 1.54) is 128 Å². The standard InChI is InChI=1S/C23H48O.2C3H4O2/c1-2-3-4-5-6-7-8-9-10-11-12-13-14-15-16-17-18-19-20-21-22-23-24;2*1-2-3(4)5/h24H,2-23H2,1H3;2*2H,1H2,(H,4,5). The fraction of sp³-hybridized carbons (Fsp3) is 0.793. The Morgan fingerprint density at radius 3 is 0.824 bits per heavy atom. The Bertz CT molecular complexity index is 394. The predicted molar refractivity (Wildman–Crippen MR) is 145 cm³/mol. The van der Waals surface area contributed by atoms with Gasteiger partial charge in [0.2, 0.25) is 0 Å². The predicted octanol–water partition coefficient (Wildman–Crippen LogP) is 8.70. The van der Waals surface area contributed by atoms with E-state index in [1.807, 2.05) is 0 Å². The van der Waals surface area contributed by atoms with Crippen LogP contribution in [0.25, 0.3) is 0 Å². The highest BCUT2D eigenvalue weighted by atomic mass is 16.4. The Morgan fingerprint density at radius 2 is 0.676 bits per heavy atom. The minimum absolute atomic E-state index is 0.374. The first-order chi connectivity index (χ1) is 16.5. The van der Waals surface area contributed by atoms with Crippen molar-refractivity contribution in [2.75, 3.05) is 6.61 Å². The zero-order chi connectivity index (χ0) is 26.1. The van der Waals surface area contributed by atoms with Gasteiger partial charge >= 0.3 is 11.9 Å². The van der Waals surface area contributed by atoms with E-state index >= 15 is 0 Å². The van der Waals surface area contributed by atoms with Gasteiger partial charge in [-0.2, -0.15) is 0 Å². The summed E-state index contributed by atoms with van der Waals surface area (Å²) >= 11 is 0. The summed E-state index contributed by atoms with van der Waals surface area (Å²) in [6.45, 7) is 8.59. The second-order valence-corrected chi connectivity index (χ2v) is 8.88. The molecule has 0 unspecified atom stereocenters. The number of aliphatic hydroxyl groups excluding tert-OH is 1. The van der Waals surface area contributed by atoms with Gasteiger partial charge in [0.05, 0.1) is 0 Å². The number of carboxylic acid groups (broad SMARTS) is 2. The van der Waals surface area contributed by atoms with Crippen LogP contribution in [0.15, 0.2) is 25.3 Å². The van der Waals surface area contributed by atoms with Crippen molar-refractivity contribution in [1.29, 1.82) is 0 Å². The maximum absolute atomic E-state index is 9.25. The zero-order valence-electron chi connectivity index (χ0n) is 22.3. The van der Waals surface area contributed by atoms with Gasteiger partial charge in [0.15, 0.2) is 0 Å². The van der Waals surface area contributed by atoms with Crippen molar-refractivity contribution in [3.05, 3.63) is 25.3 Å². The summed E-state index contributed by atoms with van der Waals surface area (Å²) in [6.07, 6.45) is 31.3. The number of hydrogen-bond acceptors (Lipinski definition) is 3. The van der Waals surface area contributed by atoms with Gasteiger partial charge in [-0.3, -0.25) is 0 Å². The molecule has 0 aromatic rings. The van der Waals surface area contributed by atoms with Crippen LogP contribution < -0.4 is 0 Å². The molecule has 0 bridgehead atoms. The van der Waals surface area contributed by atoms with E-state index in [0.29, 0.717) is 6.61 Å². The largest absolute Gasteiger partial charge is 0.478 e. The third-order valence-corrected chi connectivity index (χ3v) is 5.61. The molecule has 0 saturated heterocycles. The van der Waals surface area contributed by atoms with E-state index in [1.54, 1.807) is 0 Å². The van der Waals surface area contributed by atoms with Gasteiger partial charge in [0.25, 0.3) is 0 Å². The van der Waals surface area contributed by atoms with E-state index in [2.05, 4.69) is 20.1 Å². The number of hydrogen-bond donors (Lipinski definition) is 3. The van der Waals surface area contributed by atoms with Crippen molar-refractivity contribution in [3.8, 4) is 0 Å². The summed E-state index contributed by atoms with van der Waals surface area (Å²) in [5.74, 6) is -1.96. The number of carbonyl (C=O) groups is 2. The average molecular weight is 485 g/mol.